The summed E-state index contributed by atoms with van der Waals surface area (Å²) >= 11 is 10.9. The molecule has 2 aromatic heterocycles. The van der Waals surface area contributed by atoms with Gasteiger partial charge in [0.1, 0.15) is 17.1 Å². The Labute approximate surface area is 178 Å². The summed E-state index contributed by atoms with van der Waals surface area (Å²) in [4.78, 5) is 9.73. The summed E-state index contributed by atoms with van der Waals surface area (Å²) in [5, 5.41) is 0.998. The number of unbranched alkanes of at least 4 members (excludes halogenated alkanes) is 1. The minimum Gasteiger partial charge on any atom is -0.611 e. The van der Waals surface area contributed by atoms with Gasteiger partial charge in [0.05, 0.1) is 10.5 Å². The van der Waals surface area contributed by atoms with Crippen molar-refractivity contribution in [1.82, 2.24) is 14.5 Å². The summed E-state index contributed by atoms with van der Waals surface area (Å²) in [6.45, 7) is 6.91. The third-order valence-corrected chi connectivity index (χ3v) is 7.06. The second kappa shape index (κ2) is 8.91. The molecular weight excluding hydrogens is 415 g/mol. The van der Waals surface area contributed by atoms with Crippen molar-refractivity contribution >= 4 is 51.2 Å². The molecule has 0 aliphatic carbocycles. The average molecular weight is 439 g/mol. The molecule has 8 heteroatoms. The number of rotatable bonds is 7. The van der Waals surface area contributed by atoms with Crippen LogP contribution in [0.1, 0.15) is 36.8 Å². The maximum absolute atomic E-state index is 12.6. The molecule has 0 bridgehead atoms. The van der Waals surface area contributed by atoms with E-state index < -0.39 is 11.2 Å². The Kier molecular flexibility index (Phi) is 6.76. The largest absolute Gasteiger partial charge is 0.611 e. The Hall–Kier alpha value is -1.47. The van der Waals surface area contributed by atoms with Crippen molar-refractivity contribution in [2.45, 2.75) is 51.5 Å². The zero-order valence-electron chi connectivity index (χ0n) is 16.3. The predicted molar refractivity (Wildman–Crippen MR) is 118 cm³/mol. The lowest BCUT2D eigenvalue weighted by atomic mass is 10.2. The van der Waals surface area contributed by atoms with Crippen molar-refractivity contribution in [3.05, 3.63) is 45.3 Å². The minimum absolute atomic E-state index is 0.453. The smallest absolute Gasteiger partial charge is 0.171 e. The zero-order valence-corrected chi connectivity index (χ0v) is 18.6. The highest BCUT2D eigenvalue weighted by atomic mass is 35.5. The van der Waals surface area contributed by atoms with E-state index in [9.17, 15) is 4.55 Å². The van der Waals surface area contributed by atoms with Crippen molar-refractivity contribution in [3.63, 3.8) is 0 Å². The van der Waals surface area contributed by atoms with Crippen LogP contribution in [0.25, 0.3) is 11.0 Å². The van der Waals surface area contributed by atoms with Crippen molar-refractivity contribution in [2.24, 2.45) is 0 Å². The number of halogens is 2. The van der Waals surface area contributed by atoms with E-state index in [1.807, 2.05) is 6.92 Å². The topological polar surface area (TPSA) is 79.8 Å². The SMILES string of the molecule is CCc1nc2c(N)nc(C)c(C)c2n1CCCC[S+]([O-])c1ccc(Cl)cc1Cl. The summed E-state index contributed by atoms with van der Waals surface area (Å²) in [6.07, 6.45) is 2.52. The molecule has 3 aromatic rings. The van der Waals surface area contributed by atoms with E-state index in [2.05, 4.69) is 23.4 Å². The lowest BCUT2D eigenvalue weighted by Crippen LogP contribution is -2.10. The molecule has 0 aliphatic heterocycles. The number of aryl methyl sites for hydroxylation is 4. The number of aromatic nitrogens is 3. The number of fused-ring (bicyclic) bond motifs is 1. The van der Waals surface area contributed by atoms with Crippen molar-refractivity contribution in [2.75, 3.05) is 11.5 Å². The van der Waals surface area contributed by atoms with Crippen LogP contribution in [0, 0.1) is 13.8 Å². The van der Waals surface area contributed by atoms with Gasteiger partial charge in [-0.15, -0.1) is 0 Å². The summed E-state index contributed by atoms with van der Waals surface area (Å²) in [6, 6.07) is 5.08. The van der Waals surface area contributed by atoms with Crippen LogP contribution in [0.5, 0.6) is 0 Å². The quantitative estimate of drug-likeness (QED) is 0.411. The third kappa shape index (κ3) is 4.25. The molecule has 0 amide bonds. The highest BCUT2D eigenvalue weighted by molar-refractivity contribution is 7.91. The zero-order chi connectivity index (χ0) is 20.4. The van der Waals surface area contributed by atoms with E-state index in [-0.39, 0.29) is 0 Å². The van der Waals surface area contributed by atoms with E-state index in [0.717, 1.165) is 53.9 Å². The Morgan fingerprint density at radius 2 is 1.93 bits per heavy atom. The first-order chi connectivity index (χ1) is 13.3. The summed E-state index contributed by atoms with van der Waals surface area (Å²) in [7, 11) is 0. The van der Waals surface area contributed by atoms with Gasteiger partial charge in [-0.1, -0.05) is 30.1 Å². The Morgan fingerprint density at radius 3 is 2.61 bits per heavy atom. The average Bonchev–Trinajstić information content (AvgIpc) is 3.02. The first-order valence-corrected chi connectivity index (χ1v) is 11.4. The number of hydrogen-bond donors (Lipinski definition) is 1. The van der Waals surface area contributed by atoms with Crippen LogP contribution in [0.2, 0.25) is 10.0 Å². The van der Waals surface area contributed by atoms with Crippen LogP contribution in [0.3, 0.4) is 0 Å². The first kappa shape index (κ1) is 21.2. The molecule has 0 saturated heterocycles. The fraction of sp³-hybridized carbons (Fsp3) is 0.400. The molecular formula is C20H24Cl2N4OS. The minimum atomic E-state index is -1.14. The number of nitrogens with two attached hydrogens (primary N) is 1. The van der Waals surface area contributed by atoms with Gasteiger partial charge < -0.3 is 14.9 Å². The van der Waals surface area contributed by atoms with Gasteiger partial charge in [0.25, 0.3) is 0 Å². The Bertz CT molecular complexity index is 1010. The maximum Gasteiger partial charge on any atom is 0.171 e. The fourth-order valence-electron chi connectivity index (χ4n) is 3.33. The fourth-order valence-corrected chi connectivity index (χ4v) is 5.18. The normalized spacial score (nSPS) is 12.6. The Morgan fingerprint density at radius 1 is 1.18 bits per heavy atom. The van der Waals surface area contributed by atoms with Gasteiger partial charge in [-0.3, -0.25) is 0 Å². The number of imidazole rings is 1. The molecule has 1 atom stereocenters. The Balaban J connectivity index is 1.72. The van der Waals surface area contributed by atoms with E-state index >= 15 is 0 Å². The molecule has 0 spiro atoms. The van der Waals surface area contributed by atoms with Gasteiger partial charge in [0, 0.05) is 23.7 Å². The number of hydrogen-bond acceptors (Lipinski definition) is 4. The number of nitrogens with zero attached hydrogens (tertiary/aromatic N) is 3. The van der Waals surface area contributed by atoms with Crippen LogP contribution in [-0.4, -0.2) is 24.8 Å². The lowest BCUT2D eigenvalue weighted by Gasteiger charge is -2.13. The van der Waals surface area contributed by atoms with Gasteiger partial charge in [0.2, 0.25) is 0 Å². The molecule has 28 heavy (non-hydrogen) atoms. The second-order valence-corrected chi connectivity index (χ2v) is 9.15. The highest BCUT2D eigenvalue weighted by Crippen LogP contribution is 2.28. The van der Waals surface area contributed by atoms with Gasteiger partial charge in [-0.25, -0.2) is 9.97 Å². The van der Waals surface area contributed by atoms with E-state index in [4.69, 9.17) is 33.9 Å². The molecule has 2 N–H and O–H groups in total. The maximum atomic E-state index is 12.6. The number of benzene rings is 1. The number of anilines is 1. The molecule has 0 radical (unpaired) electrons. The molecule has 0 fully saturated rings. The number of pyridine rings is 1. The first-order valence-electron chi connectivity index (χ1n) is 9.28. The molecule has 1 aromatic carbocycles. The monoisotopic (exact) mass is 438 g/mol. The van der Waals surface area contributed by atoms with Crippen molar-refractivity contribution in [3.8, 4) is 0 Å². The third-order valence-electron chi connectivity index (χ3n) is 4.89. The van der Waals surface area contributed by atoms with Gasteiger partial charge in [-0.05, 0) is 61.6 Å². The second-order valence-electron chi connectivity index (χ2n) is 6.77. The van der Waals surface area contributed by atoms with Crippen LogP contribution < -0.4 is 5.73 Å². The van der Waals surface area contributed by atoms with Gasteiger partial charge in [0.15, 0.2) is 10.7 Å². The predicted octanol–water partition coefficient (Wildman–Crippen LogP) is 5.09. The number of nitrogen functional groups attached to an aromatic ring is 1. The summed E-state index contributed by atoms with van der Waals surface area (Å²) in [5.74, 6) is 2.03. The van der Waals surface area contributed by atoms with Crippen LogP contribution in [0.15, 0.2) is 23.1 Å². The van der Waals surface area contributed by atoms with E-state index in [1.54, 1.807) is 18.2 Å². The summed E-state index contributed by atoms with van der Waals surface area (Å²) < 4.78 is 14.8. The van der Waals surface area contributed by atoms with Crippen LogP contribution >= 0.6 is 23.2 Å². The molecule has 1 unspecified atom stereocenters. The van der Waals surface area contributed by atoms with Crippen LogP contribution in [-0.2, 0) is 24.1 Å². The van der Waals surface area contributed by atoms with Crippen molar-refractivity contribution < 1.29 is 4.55 Å². The molecule has 5 nitrogen and oxygen atoms in total. The molecule has 3 rings (SSSR count). The summed E-state index contributed by atoms with van der Waals surface area (Å²) in [5.41, 5.74) is 9.96. The van der Waals surface area contributed by atoms with Gasteiger partial charge >= 0.3 is 0 Å². The van der Waals surface area contributed by atoms with Gasteiger partial charge in [-0.2, -0.15) is 0 Å². The van der Waals surface area contributed by atoms with E-state index in [0.29, 0.717) is 26.5 Å². The standard InChI is InChI=1S/C20H24Cl2N4OS/c1-4-17-25-18-19(12(2)13(3)24-20(18)23)26(17)9-5-6-10-28(27)16-8-7-14(21)11-15(16)22/h7-8,11H,4-6,9-10H2,1-3H3,(H2,23,24). The molecule has 2 heterocycles. The van der Waals surface area contributed by atoms with Crippen LogP contribution in [0.4, 0.5) is 5.82 Å². The molecule has 0 saturated carbocycles. The molecule has 150 valence electrons. The highest BCUT2D eigenvalue weighted by Gasteiger charge is 2.18. The van der Waals surface area contributed by atoms with E-state index in [1.165, 1.54) is 0 Å². The molecule has 0 aliphatic rings. The lowest BCUT2D eigenvalue weighted by molar-refractivity contribution is 0.580. The van der Waals surface area contributed by atoms with Crippen molar-refractivity contribution in [1.29, 1.82) is 0 Å².